The zero-order valence-corrected chi connectivity index (χ0v) is 12.2. The summed E-state index contributed by atoms with van der Waals surface area (Å²) >= 11 is 1.57. The molecule has 2 heterocycles. The van der Waals surface area contributed by atoms with Crippen LogP contribution in [0, 0.1) is 6.92 Å². The van der Waals surface area contributed by atoms with Crippen LogP contribution in [0.3, 0.4) is 0 Å². The van der Waals surface area contributed by atoms with Gasteiger partial charge in [-0.25, -0.2) is 4.98 Å². The first-order chi connectivity index (χ1) is 8.66. The van der Waals surface area contributed by atoms with E-state index in [1.807, 2.05) is 6.92 Å². The zero-order chi connectivity index (χ0) is 13.0. The number of hydrogen-bond donors (Lipinski definition) is 0. The Hall–Kier alpha value is -0.740. The first-order valence-corrected chi connectivity index (χ1v) is 7.68. The van der Waals surface area contributed by atoms with Crippen molar-refractivity contribution in [2.24, 2.45) is 0 Å². The lowest BCUT2D eigenvalue weighted by Gasteiger charge is -2.18. The molecule has 1 aromatic rings. The van der Waals surface area contributed by atoms with Crippen LogP contribution >= 0.6 is 11.3 Å². The standard InChI is InChI=1S/C14H22N2OS/c1-11-14(12(2)17)18-13(15-11)7-10-16-8-5-3-4-6-9-16/h3-10H2,1-2H3. The highest BCUT2D eigenvalue weighted by Crippen LogP contribution is 2.19. The minimum atomic E-state index is 0.144. The Balaban J connectivity index is 1.89. The molecule has 0 radical (unpaired) electrons. The highest BCUT2D eigenvalue weighted by molar-refractivity contribution is 7.13. The van der Waals surface area contributed by atoms with E-state index in [-0.39, 0.29) is 5.78 Å². The monoisotopic (exact) mass is 266 g/mol. The number of Topliss-reactive ketones (excluding diaryl/α,β-unsaturated/α-hetero) is 1. The first-order valence-electron chi connectivity index (χ1n) is 6.86. The Kier molecular flexibility index (Phi) is 4.89. The van der Waals surface area contributed by atoms with E-state index in [1.165, 1.54) is 38.8 Å². The van der Waals surface area contributed by atoms with Crippen molar-refractivity contribution < 1.29 is 4.79 Å². The van der Waals surface area contributed by atoms with Gasteiger partial charge in [-0.1, -0.05) is 12.8 Å². The van der Waals surface area contributed by atoms with Crippen LogP contribution in [0.5, 0.6) is 0 Å². The van der Waals surface area contributed by atoms with Gasteiger partial charge in [-0.15, -0.1) is 11.3 Å². The lowest BCUT2D eigenvalue weighted by Crippen LogP contribution is -2.26. The van der Waals surface area contributed by atoms with Crippen LogP contribution in [0.1, 0.15) is 53.0 Å². The molecule has 0 aliphatic carbocycles. The van der Waals surface area contributed by atoms with Crippen LogP contribution in [0.25, 0.3) is 0 Å². The number of carbonyl (C=O) groups is 1. The van der Waals surface area contributed by atoms with Crippen molar-refractivity contribution in [3.63, 3.8) is 0 Å². The number of aryl methyl sites for hydroxylation is 1. The van der Waals surface area contributed by atoms with Gasteiger partial charge in [0, 0.05) is 19.9 Å². The largest absolute Gasteiger partial charge is 0.303 e. The molecule has 0 spiro atoms. The van der Waals surface area contributed by atoms with Gasteiger partial charge in [0.05, 0.1) is 15.6 Å². The predicted octanol–water partition coefficient (Wildman–Crippen LogP) is 3.07. The maximum absolute atomic E-state index is 11.4. The molecule has 2 rings (SSSR count). The third-order valence-corrected chi connectivity index (χ3v) is 4.82. The van der Waals surface area contributed by atoms with Crippen LogP contribution in [-0.2, 0) is 6.42 Å². The van der Waals surface area contributed by atoms with E-state index >= 15 is 0 Å². The highest BCUT2D eigenvalue weighted by atomic mass is 32.1. The smallest absolute Gasteiger partial charge is 0.171 e. The molecule has 1 aliphatic rings. The number of ketones is 1. The van der Waals surface area contributed by atoms with Crippen molar-refractivity contribution in [3.8, 4) is 0 Å². The van der Waals surface area contributed by atoms with Crippen molar-refractivity contribution in [2.75, 3.05) is 19.6 Å². The minimum Gasteiger partial charge on any atom is -0.303 e. The van der Waals surface area contributed by atoms with Gasteiger partial charge in [0.15, 0.2) is 5.78 Å². The summed E-state index contributed by atoms with van der Waals surface area (Å²) in [6.07, 6.45) is 6.40. The Morgan fingerprint density at radius 1 is 1.28 bits per heavy atom. The fourth-order valence-electron chi connectivity index (χ4n) is 2.50. The summed E-state index contributed by atoms with van der Waals surface area (Å²) in [5.41, 5.74) is 0.901. The second kappa shape index (κ2) is 6.43. The highest BCUT2D eigenvalue weighted by Gasteiger charge is 2.13. The van der Waals surface area contributed by atoms with Gasteiger partial charge in [0.25, 0.3) is 0 Å². The molecule has 1 aromatic heterocycles. The van der Waals surface area contributed by atoms with Crippen LogP contribution in [0.2, 0.25) is 0 Å². The molecule has 0 atom stereocenters. The summed E-state index contributed by atoms with van der Waals surface area (Å²) in [5, 5.41) is 1.11. The average Bonchev–Trinajstić information content (AvgIpc) is 2.55. The molecule has 0 N–H and O–H groups in total. The summed E-state index contributed by atoms with van der Waals surface area (Å²) in [6, 6.07) is 0. The number of likely N-dealkylation sites (tertiary alicyclic amines) is 1. The van der Waals surface area contributed by atoms with Crippen LogP contribution < -0.4 is 0 Å². The molecule has 4 heteroatoms. The second-order valence-electron chi connectivity index (χ2n) is 5.08. The van der Waals surface area contributed by atoms with E-state index in [0.717, 1.165) is 28.5 Å². The molecule has 1 aliphatic heterocycles. The van der Waals surface area contributed by atoms with E-state index in [4.69, 9.17) is 0 Å². The lowest BCUT2D eigenvalue weighted by molar-refractivity contribution is 0.102. The average molecular weight is 266 g/mol. The van der Waals surface area contributed by atoms with Gasteiger partial charge >= 0.3 is 0 Å². The summed E-state index contributed by atoms with van der Waals surface area (Å²) in [7, 11) is 0. The number of rotatable bonds is 4. The van der Waals surface area contributed by atoms with Crippen LogP contribution in [-0.4, -0.2) is 35.3 Å². The molecular weight excluding hydrogens is 244 g/mol. The molecule has 0 bridgehead atoms. The molecule has 18 heavy (non-hydrogen) atoms. The fraction of sp³-hybridized carbons (Fsp3) is 0.714. The van der Waals surface area contributed by atoms with Crippen LogP contribution in [0.15, 0.2) is 0 Å². The van der Waals surface area contributed by atoms with Gasteiger partial charge in [-0.05, 0) is 32.9 Å². The quantitative estimate of drug-likeness (QED) is 0.785. The predicted molar refractivity (Wildman–Crippen MR) is 75.5 cm³/mol. The molecule has 0 aromatic carbocycles. The van der Waals surface area contributed by atoms with E-state index in [2.05, 4.69) is 9.88 Å². The second-order valence-corrected chi connectivity index (χ2v) is 6.17. The molecule has 0 unspecified atom stereocenters. The zero-order valence-electron chi connectivity index (χ0n) is 11.4. The van der Waals surface area contributed by atoms with E-state index in [1.54, 1.807) is 18.3 Å². The Bertz CT molecular complexity index is 406. The number of carbonyl (C=O) groups excluding carboxylic acids is 1. The molecule has 0 saturated carbocycles. The molecule has 0 amide bonds. The summed E-state index contributed by atoms with van der Waals surface area (Å²) in [4.78, 5) is 19.3. The Morgan fingerprint density at radius 3 is 2.50 bits per heavy atom. The number of aromatic nitrogens is 1. The van der Waals surface area contributed by atoms with Gasteiger partial charge in [0.1, 0.15) is 0 Å². The first kappa shape index (κ1) is 13.7. The van der Waals surface area contributed by atoms with E-state index < -0.39 is 0 Å². The lowest BCUT2D eigenvalue weighted by atomic mass is 10.2. The van der Waals surface area contributed by atoms with E-state index in [0.29, 0.717) is 0 Å². The molecule has 3 nitrogen and oxygen atoms in total. The fourth-order valence-corrected chi connectivity index (χ4v) is 3.45. The van der Waals surface area contributed by atoms with Gasteiger partial charge in [-0.3, -0.25) is 4.79 Å². The van der Waals surface area contributed by atoms with Gasteiger partial charge in [-0.2, -0.15) is 0 Å². The molecule has 100 valence electrons. The third kappa shape index (κ3) is 3.62. The van der Waals surface area contributed by atoms with Crippen molar-refractivity contribution in [3.05, 3.63) is 15.6 Å². The summed E-state index contributed by atoms with van der Waals surface area (Å²) < 4.78 is 0. The van der Waals surface area contributed by atoms with Gasteiger partial charge in [0.2, 0.25) is 0 Å². The normalized spacial score (nSPS) is 17.7. The maximum Gasteiger partial charge on any atom is 0.171 e. The topological polar surface area (TPSA) is 33.2 Å². The number of nitrogens with zero attached hydrogens (tertiary/aromatic N) is 2. The SMILES string of the molecule is CC(=O)c1sc(CCN2CCCCCC2)nc1C. The Labute approximate surface area is 113 Å². The molecular formula is C14H22N2OS. The van der Waals surface area contributed by atoms with Gasteiger partial charge < -0.3 is 4.90 Å². The number of thiazole rings is 1. The molecule has 1 saturated heterocycles. The number of hydrogen-bond acceptors (Lipinski definition) is 4. The maximum atomic E-state index is 11.4. The minimum absolute atomic E-state index is 0.144. The van der Waals surface area contributed by atoms with Crippen molar-refractivity contribution >= 4 is 17.1 Å². The summed E-state index contributed by atoms with van der Waals surface area (Å²) in [6.45, 7) is 7.10. The van der Waals surface area contributed by atoms with Crippen molar-refractivity contribution in [1.29, 1.82) is 0 Å². The summed E-state index contributed by atoms with van der Waals surface area (Å²) in [5.74, 6) is 0.144. The van der Waals surface area contributed by atoms with Crippen LogP contribution in [0.4, 0.5) is 0 Å². The van der Waals surface area contributed by atoms with Crippen molar-refractivity contribution in [2.45, 2.75) is 46.0 Å². The van der Waals surface area contributed by atoms with E-state index in [9.17, 15) is 4.79 Å². The van der Waals surface area contributed by atoms with Crippen molar-refractivity contribution in [1.82, 2.24) is 9.88 Å². The third-order valence-electron chi connectivity index (χ3n) is 3.50. The molecule has 1 fully saturated rings. The Morgan fingerprint density at radius 2 is 1.94 bits per heavy atom.